The van der Waals surface area contributed by atoms with Gasteiger partial charge < -0.3 is 15.1 Å². The third kappa shape index (κ3) is 3.01. The first kappa shape index (κ1) is 14.3. The molecule has 1 aliphatic carbocycles. The molecule has 3 fully saturated rings. The number of carbonyl (C=O) groups is 1. The highest BCUT2D eigenvalue weighted by molar-refractivity contribution is 5.79. The van der Waals surface area contributed by atoms with E-state index in [-0.39, 0.29) is 0 Å². The molecule has 4 heteroatoms. The Balaban J connectivity index is 1.51. The highest BCUT2D eigenvalue weighted by atomic mass is 16.2. The molecule has 1 spiro atoms. The van der Waals surface area contributed by atoms with Crippen molar-refractivity contribution in [1.82, 2.24) is 15.1 Å². The number of likely N-dealkylation sites (N-methyl/N-ethyl adjacent to an activating group) is 1. The van der Waals surface area contributed by atoms with Crippen molar-refractivity contribution in [1.29, 1.82) is 0 Å². The van der Waals surface area contributed by atoms with Crippen molar-refractivity contribution in [2.24, 2.45) is 11.3 Å². The van der Waals surface area contributed by atoms with Crippen LogP contribution in [-0.2, 0) is 4.79 Å². The zero-order valence-electron chi connectivity index (χ0n) is 12.9. The van der Waals surface area contributed by atoms with E-state index in [1.807, 2.05) is 0 Å². The molecular formula is C16H29N3O. The lowest BCUT2D eigenvalue weighted by molar-refractivity contribution is -0.139. The molecule has 0 bridgehead atoms. The fourth-order valence-corrected chi connectivity index (χ4v) is 4.22. The lowest BCUT2D eigenvalue weighted by Crippen LogP contribution is -2.50. The van der Waals surface area contributed by atoms with Crippen molar-refractivity contribution in [3.05, 3.63) is 0 Å². The number of nitrogens with one attached hydrogen (secondary N) is 1. The lowest BCUT2D eigenvalue weighted by atomic mass is 9.65. The molecule has 0 aromatic rings. The number of piperazine rings is 1. The SMILES string of the molecule is CN1CCN(C(=O)C2CCC3(CCNCC3)CC2)CC1. The predicted molar refractivity (Wildman–Crippen MR) is 80.6 cm³/mol. The Bertz CT molecular complexity index is 334. The highest BCUT2D eigenvalue weighted by Crippen LogP contribution is 2.45. The standard InChI is InChI=1S/C16H29N3O/c1-18-10-12-19(13-11-18)15(20)14-2-4-16(5-3-14)6-8-17-9-7-16/h14,17H,2-13H2,1H3. The average Bonchev–Trinajstić information content (AvgIpc) is 2.49. The number of hydrogen-bond donors (Lipinski definition) is 1. The van der Waals surface area contributed by atoms with Crippen LogP contribution in [-0.4, -0.2) is 62.0 Å². The van der Waals surface area contributed by atoms with Gasteiger partial charge in [-0.15, -0.1) is 0 Å². The molecule has 114 valence electrons. The molecule has 2 aliphatic heterocycles. The van der Waals surface area contributed by atoms with Crippen molar-refractivity contribution in [2.75, 3.05) is 46.3 Å². The summed E-state index contributed by atoms with van der Waals surface area (Å²) in [6, 6.07) is 0. The Morgan fingerprint density at radius 1 is 1.00 bits per heavy atom. The second-order valence-corrected chi connectivity index (χ2v) is 7.15. The van der Waals surface area contributed by atoms with Crippen LogP contribution >= 0.6 is 0 Å². The van der Waals surface area contributed by atoms with Crippen LogP contribution in [0.15, 0.2) is 0 Å². The molecular weight excluding hydrogens is 250 g/mol. The molecule has 2 heterocycles. The minimum Gasteiger partial charge on any atom is -0.340 e. The molecule has 3 aliphatic rings. The van der Waals surface area contributed by atoms with E-state index in [2.05, 4.69) is 22.2 Å². The largest absolute Gasteiger partial charge is 0.340 e. The molecule has 1 amide bonds. The van der Waals surface area contributed by atoms with Crippen LogP contribution in [0.5, 0.6) is 0 Å². The van der Waals surface area contributed by atoms with Gasteiger partial charge in [0.1, 0.15) is 0 Å². The first-order valence-corrected chi connectivity index (χ1v) is 8.37. The molecule has 4 nitrogen and oxygen atoms in total. The molecule has 2 saturated heterocycles. The molecule has 1 N–H and O–H groups in total. The van der Waals surface area contributed by atoms with E-state index in [0.717, 1.165) is 39.0 Å². The van der Waals surface area contributed by atoms with E-state index < -0.39 is 0 Å². The molecule has 20 heavy (non-hydrogen) atoms. The van der Waals surface area contributed by atoms with Gasteiger partial charge in [-0.05, 0) is 64.1 Å². The van der Waals surface area contributed by atoms with E-state index in [1.54, 1.807) is 0 Å². The Labute approximate surface area is 122 Å². The molecule has 0 aromatic carbocycles. The third-order valence-corrected chi connectivity index (χ3v) is 5.87. The van der Waals surface area contributed by atoms with Gasteiger partial charge >= 0.3 is 0 Å². The van der Waals surface area contributed by atoms with Gasteiger partial charge in [0, 0.05) is 32.1 Å². The minimum absolute atomic E-state index is 0.318. The Morgan fingerprint density at radius 2 is 1.60 bits per heavy atom. The average molecular weight is 279 g/mol. The maximum Gasteiger partial charge on any atom is 0.225 e. The number of rotatable bonds is 1. The van der Waals surface area contributed by atoms with Gasteiger partial charge in [0.25, 0.3) is 0 Å². The van der Waals surface area contributed by atoms with E-state index in [0.29, 0.717) is 17.2 Å². The van der Waals surface area contributed by atoms with Gasteiger partial charge in [0.15, 0.2) is 0 Å². The summed E-state index contributed by atoms with van der Waals surface area (Å²) >= 11 is 0. The van der Waals surface area contributed by atoms with Crippen molar-refractivity contribution in [2.45, 2.75) is 38.5 Å². The molecule has 0 aromatic heterocycles. The van der Waals surface area contributed by atoms with Crippen LogP contribution < -0.4 is 5.32 Å². The van der Waals surface area contributed by atoms with E-state index in [4.69, 9.17) is 0 Å². The number of carbonyl (C=O) groups excluding carboxylic acids is 1. The third-order valence-electron chi connectivity index (χ3n) is 5.87. The van der Waals surface area contributed by atoms with Crippen LogP contribution in [0.1, 0.15) is 38.5 Å². The Kier molecular flexibility index (Phi) is 4.32. The van der Waals surface area contributed by atoms with Crippen molar-refractivity contribution >= 4 is 5.91 Å². The van der Waals surface area contributed by atoms with Gasteiger partial charge in [-0.25, -0.2) is 0 Å². The van der Waals surface area contributed by atoms with Crippen LogP contribution in [0.2, 0.25) is 0 Å². The van der Waals surface area contributed by atoms with Gasteiger partial charge in [-0.2, -0.15) is 0 Å². The molecule has 1 saturated carbocycles. The summed E-state index contributed by atoms with van der Waals surface area (Å²) in [5.41, 5.74) is 0.574. The fraction of sp³-hybridized carbons (Fsp3) is 0.938. The summed E-state index contributed by atoms with van der Waals surface area (Å²) in [6.45, 7) is 6.29. The zero-order valence-corrected chi connectivity index (χ0v) is 12.9. The van der Waals surface area contributed by atoms with E-state index in [9.17, 15) is 4.79 Å². The molecule has 0 atom stereocenters. The maximum absolute atomic E-state index is 12.6. The number of nitrogens with zero attached hydrogens (tertiary/aromatic N) is 2. The van der Waals surface area contributed by atoms with Crippen molar-refractivity contribution < 1.29 is 4.79 Å². The van der Waals surface area contributed by atoms with Gasteiger partial charge in [0.05, 0.1) is 0 Å². The van der Waals surface area contributed by atoms with Crippen LogP contribution in [0.25, 0.3) is 0 Å². The second-order valence-electron chi connectivity index (χ2n) is 7.15. The smallest absolute Gasteiger partial charge is 0.225 e. The summed E-state index contributed by atoms with van der Waals surface area (Å²) < 4.78 is 0. The topological polar surface area (TPSA) is 35.6 Å². The number of amides is 1. The summed E-state index contributed by atoms with van der Waals surface area (Å²) in [7, 11) is 2.14. The highest BCUT2D eigenvalue weighted by Gasteiger charge is 2.39. The first-order valence-electron chi connectivity index (χ1n) is 8.37. The predicted octanol–water partition coefficient (Wildman–Crippen LogP) is 1.32. The van der Waals surface area contributed by atoms with Gasteiger partial charge in [-0.1, -0.05) is 0 Å². The van der Waals surface area contributed by atoms with Gasteiger partial charge in [-0.3, -0.25) is 4.79 Å². The normalized spacial score (nSPS) is 28.8. The van der Waals surface area contributed by atoms with Gasteiger partial charge in [0.2, 0.25) is 5.91 Å². The maximum atomic E-state index is 12.6. The Morgan fingerprint density at radius 3 is 2.20 bits per heavy atom. The number of piperidine rings is 1. The molecule has 3 rings (SSSR count). The molecule has 0 radical (unpaired) electrons. The first-order chi connectivity index (χ1) is 9.69. The second kappa shape index (κ2) is 6.02. The summed E-state index contributed by atoms with van der Waals surface area (Å²) in [5.74, 6) is 0.765. The van der Waals surface area contributed by atoms with Crippen LogP contribution in [0.4, 0.5) is 0 Å². The zero-order chi connectivity index (χ0) is 14.0. The van der Waals surface area contributed by atoms with E-state index in [1.165, 1.54) is 38.8 Å². The lowest BCUT2D eigenvalue weighted by Gasteiger charge is -2.44. The summed E-state index contributed by atoms with van der Waals surface area (Å²) in [6.07, 6.45) is 7.46. The quantitative estimate of drug-likeness (QED) is 0.786. The number of hydrogen-bond acceptors (Lipinski definition) is 3. The van der Waals surface area contributed by atoms with Crippen molar-refractivity contribution in [3.63, 3.8) is 0 Å². The van der Waals surface area contributed by atoms with Crippen LogP contribution in [0, 0.1) is 11.3 Å². The summed E-state index contributed by atoms with van der Waals surface area (Å²) in [4.78, 5) is 17.1. The Hall–Kier alpha value is -0.610. The van der Waals surface area contributed by atoms with E-state index >= 15 is 0 Å². The monoisotopic (exact) mass is 279 g/mol. The van der Waals surface area contributed by atoms with Crippen LogP contribution in [0.3, 0.4) is 0 Å². The fourth-order valence-electron chi connectivity index (χ4n) is 4.22. The molecule has 0 unspecified atom stereocenters. The minimum atomic E-state index is 0.318. The van der Waals surface area contributed by atoms with Crippen molar-refractivity contribution in [3.8, 4) is 0 Å². The summed E-state index contributed by atoms with van der Waals surface area (Å²) in [5, 5.41) is 3.47.